The molecule has 1 aromatic carbocycles. The van der Waals surface area contributed by atoms with Crippen LogP contribution in [-0.4, -0.2) is 29.6 Å². The third kappa shape index (κ3) is 2.71. The first-order valence-electron chi connectivity index (χ1n) is 5.47. The van der Waals surface area contributed by atoms with Crippen molar-refractivity contribution in [1.29, 1.82) is 0 Å². The number of nitrogens with one attached hydrogen (secondary N) is 1. The van der Waals surface area contributed by atoms with E-state index in [9.17, 15) is 14.0 Å². The highest BCUT2D eigenvalue weighted by molar-refractivity contribution is 6.43. The molecule has 0 unspecified atom stereocenters. The van der Waals surface area contributed by atoms with Gasteiger partial charge in [0.2, 0.25) is 5.91 Å². The van der Waals surface area contributed by atoms with E-state index >= 15 is 0 Å². The van der Waals surface area contributed by atoms with Crippen LogP contribution in [0.4, 0.5) is 10.1 Å². The summed E-state index contributed by atoms with van der Waals surface area (Å²) in [6, 6.07) is 5.44. The number of nitrogens with zero attached hydrogens (tertiary/aromatic N) is 2. The van der Waals surface area contributed by atoms with Crippen LogP contribution in [0, 0.1) is 5.82 Å². The number of hydrazone groups is 1. The van der Waals surface area contributed by atoms with E-state index in [0.717, 1.165) is 5.01 Å². The SMILES string of the molecule is CN1N=C(C(=O)Nc2ccc(F)cc2)CCC1=O. The van der Waals surface area contributed by atoms with Crippen molar-refractivity contribution in [2.45, 2.75) is 12.8 Å². The summed E-state index contributed by atoms with van der Waals surface area (Å²) >= 11 is 0. The van der Waals surface area contributed by atoms with Gasteiger partial charge < -0.3 is 5.32 Å². The van der Waals surface area contributed by atoms with Crippen LogP contribution in [0.1, 0.15) is 12.8 Å². The molecule has 0 spiro atoms. The average Bonchev–Trinajstić information content (AvgIpc) is 2.35. The van der Waals surface area contributed by atoms with E-state index in [4.69, 9.17) is 0 Å². The second-order valence-corrected chi connectivity index (χ2v) is 3.93. The first-order valence-corrected chi connectivity index (χ1v) is 5.47. The molecule has 0 saturated carbocycles. The van der Waals surface area contributed by atoms with Crippen molar-refractivity contribution < 1.29 is 14.0 Å². The van der Waals surface area contributed by atoms with Crippen LogP contribution < -0.4 is 5.32 Å². The van der Waals surface area contributed by atoms with Gasteiger partial charge in [0.1, 0.15) is 11.5 Å². The standard InChI is InChI=1S/C12H12FN3O2/c1-16-11(17)7-6-10(15-16)12(18)14-9-4-2-8(13)3-5-9/h2-5H,6-7H2,1H3,(H,14,18). The molecule has 0 fully saturated rings. The van der Waals surface area contributed by atoms with Gasteiger partial charge in [0.25, 0.3) is 5.91 Å². The predicted molar refractivity (Wildman–Crippen MR) is 64.5 cm³/mol. The van der Waals surface area contributed by atoms with E-state index in [-0.39, 0.29) is 24.1 Å². The number of benzene rings is 1. The molecule has 2 amide bonds. The molecule has 1 aliphatic heterocycles. The number of anilines is 1. The molecule has 6 heteroatoms. The third-order valence-corrected chi connectivity index (χ3v) is 2.57. The molecule has 1 heterocycles. The first-order chi connectivity index (χ1) is 8.56. The van der Waals surface area contributed by atoms with Gasteiger partial charge in [-0.3, -0.25) is 9.59 Å². The van der Waals surface area contributed by atoms with Gasteiger partial charge in [-0.25, -0.2) is 9.40 Å². The van der Waals surface area contributed by atoms with Gasteiger partial charge in [-0.15, -0.1) is 0 Å². The first kappa shape index (κ1) is 12.2. The molecule has 1 aromatic rings. The van der Waals surface area contributed by atoms with Crippen LogP contribution in [0.3, 0.4) is 0 Å². The monoisotopic (exact) mass is 249 g/mol. The predicted octanol–water partition coefficient (Wildman–Crippen LogP) is 1.37. The Balaban J connectivity index is 2.06. The second-order valence-electron chi connectivity index (χ2n) is 3.93. The molecule has 94 valence electrons. The van der Waals surface area contributed by atoms with Gasteiger partial charge in [-0.05, 0) is 24.3 Å². The topological polar surface area (TPSA) is 61.8 Å². The zero-order valence-corrected chi connectivity index (χ0v) is 9.81. The van der Waals surface area contributed by atoms with E-state index in [1.54, 1.807) is 0 Å². The number of hydrogen-bond donors (Lipinski definition) is 1. The number of rotatable bonds is 2. The lowest BCUT2D eigenvalue weighted by molar-refractivity contribution is -0.130. The van der Waals surface area contributed by atoms with Crippen molar-refractivity contribution in [2.75, 3.05) is 12.4 Å². The Kier molecular flexibility index (Phi) is 3.36. The Morgan fingerprint density at radius 3 is 2.61 bits per heavy atom. The fraction of sp³-hybridized carbons (Fsp3) is 0.250. The maximum Gasteiger partial charge on any atom is 0.271 e. The van der Waals surface area contributed by atoms with Gasteiger partial charge in [-0.2, -0.15) is 5.10 Å². The zero-order chi connectivity index (χ0) is 13.1. The van der Waals surface area contributed by atoms with E-state index in [1.807, 2.05) is 0 Å². The lowest BCUT2D eigenvalue weighted by Crippen LogP contribution is -2.34. The molecule has 0 atom stereocenters. The number of amides is 2. The highest BCUT2D eigenvalue weighted by atomic mass is 19.1. The molecule has 1 N–H and O–H groups in total. The summed E-state index contributed by atoms with van der Waals surface area (Å²) in [5.74, 6) is -0.859. The molecule has 0 aromatic heterocycles. The molecular formula is C12H12FN3O2. The van der Waals surface area contributed by atoms with Crippen molar-refractivity contribution in [3.05, 3.63) is 30.1 Å². The van der Waals surface area contributed by atoms with Crippen LogP contribution in [-0.2, 0) is 9.59 Å². The van der Waals surface area contributed by atoms with Crippen LogP contribution in [0.5, 0.6) is 0 Å². The lowest BCUT2D eigenvalue weighted by atomic mass is 10.1. The van der Waals surface area contributed by atoms with Crippen LogP contribution in [0.15, 0.2) is 29.4 Å². The third-order valence-electron chi connectivity index (χ3n) is 2.57. The van der Waals surface area contributed by atoms with Gasteiger partial charge in [0.15, 0.2) is 0 Å². The molecule has 0 bridgehead atoms. The molecule has 5 nitrogen and oxygen atoms in total. The molecule has 1 aliphatic rings. The summed E-state index contributed by atoms with van der Waals surface area (Å²) < 4.78 is 12.7. The summed E-state index contributed by atoms with van der Waals surface area (Å²) in [6.07, 6.45) is 0.586. The largest absolute Gasteiger partial charge is 0.321 e. The molecule has 0 radical (unpaired) electrons. The number of carbonyl (C=O) groups is 2. The minimum atomic E-state index is -0.374. The van der Waals surface area contributed by atoms with Crippen molar-refractivity contribution in [1.82, 2.24) is 5.01 Å². The van der Waals surface area contributed by atoms with Gasteiger partial charge in [-0.1, -0.05) is 0 Å². The summed E-state index contributed by atoms with van der Waals surface area (Å²) in [6.45, 7) is 0. The second kappa shape index (κ2) is 4.95. The van der Waals surface area contributed by atoms with E-state index < -0.39 is 0 Å². The molecule has 0 saturated heterocycles. The fourth-order valence-electron chi connectivity index (χ4n) is 1.57. The van der Waals surface area contributed by atoms with Crippen LogP contribution in [0.25, 0.3) is 0 Å². The van der Waals surface area contributed by atoms with E-state index in [1.165, 1.54) is 31.3 Å². The Hall–Kier alpha value is -2.24. The maximum atomic E-state index is 12.7. The minimum Gasteiger partial charge on any atom is -0.321 e. The van der Waals surface area contributed by atoms with Crippen LogP contribution in [0.2, 0.25) is 0 Å². The van der Waals surface area contributed by atoms with E-state index in [0.29, 0.717) is 17.8 Å². The molecule has 2 rings (SSSR count). The summed E-state index contributed by atoms with van der Waals surface area (Å²) in [7, 11) is 1.51. The number of hydrogen-bond acceptors (Lipinski definition) is 3. The number of carbonyl (C=O) groups excluding carboxylic acids is 2. The summed E-state index contributed by atoms with van der Waals surface area (Å²) in [4.78, 5) is 23.0. The number of halogens is 1. The Morgan fingerprint density at radius 2 is 2.00 bits per heavy atom. The van der Waals surface area contributed by atoms with Gasteiger partial charge in [0, 0.05) is 25.6 Å². The normalized spacial score (nSPS) is 15.3. The Morgan fingerprint density at radius 1 is 1.33 bits per heavy atom. The Bertz CT molecular complexity index is 511. The van der Waals surface area contributed by atoms with E-state index in [2.05, 4.69) is 10.4 Å². The van der Waals surface area contributed by atoms with Crippen molar-refractivity contribution in [2.24, 2.45) is 5.10 Å². The van der Waals surface area contributed by atoms with Gasteiger partial charge >= 0.3 is 0 Å². The quantitative estimate of drug-likeness (QED) is 0.860. The van der Waals surface area contributed by atoms with Crippen molar-refractivity contribution in [3.63, 3.8) is 0 Å². The van der Waals surface area contributed by atoms with Crippen molar-refractivity contribution in [3.8, 4) is 0 Å². The molecule has 18 heavy (non-hydrogen) atoms. The highest BCUT2D eigenvalue weighted by Crippen LogP contribution is 2.11. The van der Waals surface area contributed by atoms with Gasteiger partial charge in [0.05, 0.1) is 0 Å². The summed E-state index contributed by atoms with van der Waals surface area (Å²) in [5, 5.41) is 7.65. The molecule has 0 aliphatic carbocycles. The average molecular weight is 249 g/mol. The Labute approximate surface area is 103 Å². The fourth-order valence-corrected chi connectivity index (χ4v) is 1.57. The van der Waals surface area contributed by atoms with Crippen molar-refractivity contribution >= 4 is 23.2 Å². The lowest BCUT2D eigenvalue weighted by Gasteiger charge is -2.18. The smallest absolute Gasteiger partial charge is 0.271 e. The van der Waals surface area contributed by atoms with Crippen LogP contribution >= 0.6 is 0 Å². The molecular weight excluding hydrogens is 237 g/mol. The highest BCUT2D eigenvalue weighted by Gasteiger charge is 2.21. The minimum absolute atomic E-state index is 0.117. The maximum absolute atomic E-state index is 12.7. The summed E-state index contributed by atoms with van der Waals surface area (Å²) in [5.41, 5.74) is 0.782. The zero-order valence-electron chi connectivity index (χ0n) is 9.81.